The molecule has 1 aromatic rings. The molecule has 0 bridgehead atoms. The molecule has 0 heterocycles. The summed E-state index contributed by atoms with van der Waals surface area (Å²) in [6.45, 7) is 6.52. The first-order chi connectivity index (χ1) is 7.49. The van der Waals surface area contributed by atoms with E-state index in [2.05, 4.69) is 45.0 Å². The summed E-state index contributed by atoms with van der Waals surface area (Å²) in [5.74, 6) is 0. The topological polar surface area (TPSA) is 18.5 Å². The fraction of sp³-hybridized carbons (Fsp3) is 0.571. The van der Waals surface area contributed by atoms with Crippen LogP contribution in [0.4, 0.5) is 0 Å². The number of benzene rings is 1. The van der Waals surface area contributed by atoms with Gasteiger partial charge in [0.1, 0.15) is 0 Å². The zero-order valence-electron chi connectivity index (χ0n) is 10.9. The number of ether oxygens (including phenoxy) is 2. The molecule has 0 aliphatic heterocycles. The Labute approximate surface area is 98.6 Å². The molecule has 0 atom stereocenters. The molecule has 2 nitrogen and oxygen atoms in total. The Morgan fingerprint density at radius 1 is 1.06 bits per heavy atom. The van der Waals surface area contributed by atoms with E-state index in [4.69, 9.17) is 9.47 Å². The number of hydrogen-bond donors (Lipinski definition) is 0. The lowest BCUT2D eigenvalue weighted by atomic mass is 9.81. The van der Waals surface area contributed by atoms with Crippen molar-refractivity contribution < 1.29 is 9.47 Å². The lowest BCUT2D eigenvalue weighted by molar-refractivity contribution is -0.115. The normalized spacial score (nSPS) is 12.1. The Balaban J connectivity index is 2.80. The predicted molar refractivity (Wildman–Crippen MR) is 66.6 cm³/mol. The van der Waals surface area contributed by atoms with Crippen molar-refractivity contribution in [3.8, 4) is 0 Å². The van der Waals surface area contributed by atoms with E-state index in [9.17, 15) is 0 Å². The van der Waals surface area contributed by atoms with Crippen LogP contribution in [0.2, 0.25) is 0 Å². The number of rotatable bonds is 5. The Morgan fingerprint density at radius 3 is 2.00 bits per heavy atom. The van der Waals surface area contributed by atoms with Gasteiger partial charge in [-0.25, -0.2) is 0 Å². The summed E-state index contributed by atoms with van der Waals surface area (Å²) in [4.78, 5) is 0. The van der Waals surface area contributed by atoms with Crippen LogP contribution in [0.25, 0.3) is 0 Å². The lowest BCUT2D eigenvalue weighted by Gasteiger charge is -2.29. The van der Waals surface area contributed by atoms with E-state index in [-0.39, 0.29) is 11.7 Å². The maximum absolute atomic E-state index is 5.26. The van der Waals surface area contributed by atoms with Crippen LogP contribution in [0, 0.1) is 6.92 Å². The molecule has 1 rings (SSSR count). The van der Waals surface area contributed by atoms with Gasteiger partial charge < -0.3 is 9.47 Å². The first-order valence-corrected chi connectivity index (χ1v) is 5.62. The SMILES string of the molecule is COC(CC(C)(C)c1ccc(C)cc1)OC. The molecule has 0 saturated carbocycles. The Bertz CT molecular complexity index is 310. The van der Waals surface area contributed by atoms with E-state index < -0.39 is 0 Å². The largest absolute Gasteiger partial charge is 0.356 e. The van der Waals surface area contributed by atoms with E-state index in [1.165, 1.54) is 11.1 Å². The van der Waals surface area contributed by atoms with Crippen LogP contribution in [-0.2, 0) is 14.9 Å². The third kappa shape index (κ3) is 3.32. The maximum Gasteiger partial charge on any atom is 0.157 e. The highest BCUT2D eigenvalue weighted by molar-refractivity contribution is 5.27. The van der Waals surface area contributed by atoms with Crippen molar-refractivity contribution in [2.75, 3.05) is 14.2 Å². The minimum absolute atomic E-state index is 0.0599. The van der Waals surface area contributed by atoms with Gasteiger partial charge >= 0.3 is 0 Å². The van der Waals surface area contributed by atoms with E-state index >= 15 is 0 Å². The highest BCUT2D eigenvalue weighted by Gasteiger charge is 2.25. The van der Waals surface area contributed by atoms with Crippen molar-refractivity contribution in [2.45, 2.75) is 38.9 Å². The maximum atomic E-state index is 5.26. The second kappa shape index (κ2) is 5.46. The average Bonchev–Trinajstić information content (AvgIpc) is 2.26. The standard InChI is InChI=1S/C14H22O2/c1-11-6-8-12(9-7-11)14(2,3)10-13(15-4)16-5/h6-9,13H,10H2,1-5H3. The van der Waals surface area contributed by atoms with Crippen LogP contribution in [0.3, 0.4) is 0 Å². The number of aryl methyl sites for hydroxylation is 1. The van der Waals surface area contributed by atoms with Gasteiger partial charge in [0.2, 0.25) is 0 Å². The molecular formula is C14H22O2. The first kappa shape index (κ1) is 13.2. The van der Waals surface area contributed by atoms with Gasteiger partial charge in [0.15, 0.2) is 6.29 Å². The van der Waals surface area contributed by atoms with Crippen LogP contribution >= 0.6 is 0 Å². The van der Waals surface area contributed by atoms with Gasteiger partial charge in [-0.15, -0.1) is 0 Å². The van der Waals surface area contributed by atoms with Crippen LogP contribution in [-0.4, -0.2) is 20.5 Å². The van der Waals surface area contributed by atoms with E-state index in [0.29, 0.717) is 0 Å². The zero-order valence-corrected chi connectivity index (χ0v) is 10.9. The molecule has 0 saturated heterocycles. The van der Waals surface area contributed by atoms with Gasteiger partial charge in [0.25, 0.3) is 0 Å². The summed E-state index contributed by atoms with van der Waals surface area (Å²) in [5.41, 5.74) is 2.66. The molecule has 0 aromatic heterocycles. The molecule has 16 heavy (non-hydrogen) atoms. The molecule has 0 amide bonds. The van der Waals surface area contributed by atoms with Crippen LogP contribution in [0.5, 0.6) is 0 Å². The highest BCUT2D eigenvalue weighted by Crippen LogP contribution is 2.29. The third-order valence-electron chi connectivity index (χ3n) is 3.04. The minimum atomic E-state index is -0.142. The van der Waals surface area contributed by atoms with Crippen molar-refractivity contribution in [1.82, 2.24) is 0 Å². The fourth-order valence-electron chi connectivity index (χ4n) is 1.80. The molecule has 1 aromatic carbocycles. The molecule has 0 aliphatic rings. The molecular weight excluding hydrogens is 200 g/mol. The number of methoxy groups -OCH3 is 2. The molecule has 0 aliphatic carbocycles. The van der Waals surface area contributed by atoms with E-state index in [1.54, 1.807) is 14.2 Å². The van der Waals surface area contributed by atoms with Crippen molar-refractivity contribution in [3.63, 3.8) is 0 Å². The zero-order chi connectivity index (χ0) is 12.2. The molecule has 0 fully saturated rings. The smallest absolute Gasteiger partial charge is 0.157 e. The quantitative estimate of drug-likeness (QED) is 0.712. The summed E-state index contributed by atoms with van der Waals surface area (Å²) in [5, 5.41) is 0. The average molecular weight is 222 g/mol. The molecule has 0 unspecified atom stereocenters. The van der Waals surface area contributed by atoms with Gasteiger partial charge in [-0.1, -0.05) is 43.7 Å². The second-order valence-corrected chi connectivity index (χ2v) is 4.85. The summed E-state index contributed by atoms with van der Waals surface area (Å²) < 4.78 is 10.5. The van der Waals surface area contributed by atoms with Gasteiger partial charge in [0, 0.05) is 20.6 Å². The van der Waals surface area contributed by atoms with Crippen molar-refractivity contribution in [2.24, 2.45) is 0 Å². The molecule has 0 radical (unpaired) electrons. The van der Waals surface area contributed by atoms with E-state index in [0.717, 1.165) is 6.42 Å². The van der Waals surface area contributed by atoms with Crippen LogP contribution in [0.15, 0.2) is 24.3 Å². The van der Waals surface area contributed by atoms with Gasteiger partial charge in [0.05, 0.1) is 0 Å². The number of hydrogen-bond acceptors (Lipinski definition) is 2. The third-order valence-corrected chi connectivity index (χ3v) is 3.04. The second-order valence-electron chi connectivity index (χ2n) is 4.85. The lowest BCUT2D eigenvalue weighted by Crippen LogP contribution is -2.27. The summed E-state index contributed by atoms with van der Waals surface area (Å²) in [7, 11) is 3.36. The Hall–Kier alpha value is -0.860. The van der Waals surface area contributed by atoms with Crippen molar-refractivity contribution in [1.29, 1.82) is 0 Å². The fourth-order valence-corrected chi connectivity index (χ4v) is 1.80. The summed E-state index contributed by atoms with van der Waals surface area (Å²) >= 11 is 0. The summed E-state index contributed by atoms with van der Waals surface area (Å²) in [6, 6.07) is 8.65. The summed E-state index contributed by atoms with van der Waals surface area (Å²) in [6.07, 6.45) is 0.708. The van der Waals surface area contributed by atoms with Gasteiger partial charge in [-0.3, -0.25) is 0 Å². The molecule has 2 heteroatoms. The van der Waals surface area contributed by atoms with Gasteiger partial charge in [-0.2, -0.15) is 0 Å². The minimum Gasteiger partial charge on any atom is -0.356 e. The molecule has 0 spiro atoms. The van der Waals surface area contributed by atoms with Crippen LogP contribution in [0.1, 0.15) is 31.4 Å². The van der Waals surface area contributed by atoms with Crippen molar-refractivity contribution in [3.05, 3.63) is 35.4 Å². The molecule has 0 N–H and O–H groups in total. The predicted octanol–water partition coefficient (Wildman–Crippen LogP) is 3.28. The van der Waals surface area contributed by atoms with Crippen LogP contribution < -0.4 is 0 Å². The Kier molecular flexibility index (Phi) is 4.51. The highest BCUT2D eigenvalue weighted by atomic mass is 16.7. The van der Waals surface area contributed by atoms with E-state index in [1.807, 2.05) is 0 Å². The Morgan fingerprint density at radius 2 is 1.56 bits per heavy atom. The first-order valence-electron chi connectivity index (χ1n) is 5.62. The van der Waals surface area contributed by atoms with Crippen molar-refractivity contribution >= 4 is 0 Å². The van der Waals surface area contributed by atoms with Gasteiger partial charge in [-0.05, 0) is 17.9 Å². The monoisotopic (exact) mass is 222 g/mol. The molecule has 90 valence electrons.